The number of fused-ring (bicyclic) bond motifs is 3. The zero-order chi connectivity index (χ0) is 24.4. The summed E-state index contributed by atoms with van der Waals surface area (Å²) in [6, 6.07) is 22.7. The zero-order valence-corrected chi connectivity index (χ0v) is 21.8. The maximum atomic E-state index is 13.4. The molecule has 2 aliphatic heterocycles. The molecule has 3 aliphatic carbocycles. The normalized spacial score (nSPS) is 33.0. The number of rotatable bonds is 7. The lowest BCUT2D eigenvalue weighted by molar-refractivity contribution is -0.125. The minimum Gasteiger partial charge on any atom is -0.353 e. The Hall–Kier alpha value is -2.17. The van der Waals surface area contributed by atoms with Crippen LogP contribution in [-0.2, 0) is 4.79 Å². The van der Waals surface area contributed by atoms with Gasteiger partial charge in [-0.05, 0) is 100 Å². The largest absolute Gasteiger partial charge is 0.353 e. The maximum Gasteiger partial charge on any atom is 0.221 e. The molecular formula is C32H43N3O. The van der Waals surface area contributed by atoms with E-state index < -0.39 is 0 Å². The molecule has 3 unspecified atom stereocenters. The summed E-state index contributed by atoms with van der Waals surface area (Å²) in [5, 5.41) is 3.65. The molecule has 3 atom stereocenters. The summed E-state index contributed by atoms with van der Waals surface area (Å²) in [6.45, 7) is 5.64. The molecule has 5 fully saturated rings. The molecule has 2 aromatic carbocycles. The van der Waals surface area contributed by atoms with Gasteiger partial charge in [0.05, 0.1) is 0 Å². The number of carbonyl (C=O) groups is 1. The quantitative estimate of drug-likeness (QED) is 0.557. The molecule has 2 heterocycles. The number of hydrogen-bond acceptors (Lipinski definition) is 3. The van der Waals surface area contributed by atoms with Gasteiger partial charge in [0.25, 0.3) is 0 Å². The van der Waals surface area contributed by atoms with Gasteiger partial charge in [-0.3, -0.25) is 9.69 Å². The Kier molecular flexibility index (Phi) is 7.17. The van der Waals surface area contributed by atoms with Crippen molar-refractivity contribution in [2.24, 2.45) is 5.92 Å². The Morgan fingerprint density at radius 1 is 0.750 bits per heavy atom. The molecule has 4 heteroatoms. The summed E-state index contributed by atoms with van der Waals surface area (Å²) in [5.41, 5.74) is 3.09. The van der Waals surface area contributed by atoms with Gasteiger partial charge in [0, 0.05) is 24.5 Å². The number of carbonyl (C=O) groups excluding carboxylic acids is 1. The van der Waals surface area contributed by atoms with Crippen molar-refractivity contribution in [3.05, 3.63) is 71.8 Å². The van der Waals surface area contributed by atoms with Crippen molar-refractivity contribution < 1.29 is 4.79 Å². The number of nitrogens with one attached hydrogen (secondary N) is 1. The third-order valence-corrected chi connectivity index (χ3v) is 9.88. The first-order valence-electron chi connectivity index (χ1n) is 14.6. The Balaban J connectivity index is 1.33. The molecule has 0 spiro atoms. The molecule has 4 nitrogen and oxygen atoms in total. The second kappa shape index (κ2) is 10.7. The van der Waals surface area contributed by atoms with Gasteiger partial charge in [0.1, 0.15) is 0 Å². The fourth-order valence-corrected chi connectivity index (χ4v) is 8.26. The van der Waals surface area contributed by atoms with Crippen LogP contribution in [-0.4, -0.2) is 60.0 Å². The SMILES string of the molecule is O=C(CCN1CCCC1)NC1CC2(N3CCCCC3)CC(c3ccccc3)C1C(c1ccccc1)C2. The van der Waals surface area contributed by atoms with Crippen LogP contribution >= 0.6 is 0 Å². The van der Waals surface area contributed by atoms with Crippen LogP contribution in [0.4, 0.5) is 0 Å². The van der Waals surface area contributed by atoms with Crippen LogP contribution in [0, 0.1) is 5.92 Å². The van der Waals surface area contributed by atoms with Gasteiger partial charge in [0.2, 0.25) is 5.91 Å². The fraction of sp³-hybridized carbons (Fsp3) is 0.594. The Morgan fingerprint density at radius 3 is 1.89 bits per heavy atom. The van der Waals surface area contributed by atoms with Gasteiger partial charge in [-0.25, -0.2) is 0 Å². The van der Waals surface area contributed by atoms with Crippen LogP contribution in [0.1, 0.15) is 80.8 Å². The topological polar surface area (TPSA) is 35.6 Å². The molecule has 1 N–H and O–H groups in total. The summed E-state index contributed by atoms with van der Waals surface area (Å²) >= 11 is 0. The zero-order valence-electron chi connectivity index (χ0n) is 21.8. The third kappa shape index (κ3) is 4.87. The van der Waals surface area contributed by atoms with E-state index in [4.69, 9.17) is 0 Å². The second-order valence-electron chi connectivity index (χ2n) is 12.0. The predicted octanol–water partition coefficient (Wildman–Crippen LogP) is 5.56. The van der Waals surface area contributed by atoms with Crippen LogP contribution in [0.2, 0.25) is 0 Å². The van der Waals surface area contributed by atoms with Crippen molar-refractivity contribution >= 4 is 5.91 Å². The van der Waals surface area contributed by atoms with Crippen LogP contribution < -0.4 is 5.32 Å². The highest BCUT2D eigenvalue weighted by Gasteiger charge is 2.58. The van der Waals surface area contributed by atoms with Crippen LogP contribution in [0.5, 0.6) is 0 Å². The van der Waals surface area contributed by atoms with Crippen molar-refractivity contribution in [2.75, 3.05) is 32.7 Å². The van der Waals surface area contributed by atoms with E-state index in [2.05, 4.69) is 75.8 Å². The van der Waals surface area contributed by atoms with E-state index in [1.165, 1.54) is 69.2 Å². The smallest absolute Gasteiger partial charge is 0.221 e. The number of benzene rings is 2. The Morgan fingerprint density at radius 2 is 1.31 bits per heavy atom. The molecule has 2 saturated heterocycles. The average Bonchev–Trinajstić information content (AvgIpc) is 3.47. The second-order valence-corrected chi connectivity index (χ2v) is 12.0. The molecule has 7 rings (SSSR count). The first kappa shape index (κ1) is 24.2. The molecule has 36 heavy (non-hydrogen) atoms. The average molecular weight is 486 g/mol. The molecule has 2 aromatic rings. The highest BCUT2D eigenvalue weighted by Crippen LogP contribution is 2.60. The van der Waals surface area contributed by atoms with E-state index in [0.29, 0.717) is 24.2 Å². The molecule has 1 amide bonds. The van der Waals surface area contributed by atoms with Gasteiger partial charge >= 0.3 is 0 Å². The summed E-state index contributed by atoms with van der Waals surface area (Å²) < 4.78 is 0. The monoisotopic (exact) mass is 485 g/mol. The standard InChI is InChI=1S/C32H43N3O/c36-30(16-21-34-17-10-11-18-34)33-29-24-32(35-19-8-3-9-20-35)22-27(25-12-4-1-5-13-25)31(29)28(23-32)26-14-6-2-7-15-26/h1-2,4-7,12-15,27-29,31H,3,8-11,16-24H2,(H,33,36). The summed E-state index contributed by atoms with van der Waals surface area (Å²) in [4.78, 5) is 18.7. The van der Waals surface area contributed by atoms with Crippen LogP contribution in [0.25, 0.3) is 0 Å². The van der Waals surface area contributed by atoms with Crippen molar-refractivity contribution in [2.45, 2.75) is 81.2 Å². The van der Waals surface area contributed by atoms with Gasteiger partial charge in [-0.1, -0.05) is 67.1 Å². The van der Waals surface area contributed by atoms with Crippen molar-refractivity contribution in [3.8, 4) is 0 Å². The summed E-state index contributed by atoms with van der Waals surface area (Å²) in [5.74, 6) is 1.65. The van der Waals surface area contributed by atoms with Crippen LogP contribution in [0.3, 0.4) is 0 Å². The third-order valence-electron chi connectivity index (χ3n) is 9.88. The molecule has 0 aromatic heterocycles. The lowest BCUT2D eigenvalue weighted by atomic mass is 9.51. The van der Waals surface area contributed by atoms with E-state index in [9.17, 15) is 4.79 Å². The number of nitrogens with zero attached hydrogens (tertiary/aromatic N) is 2. The lowest BCUT2D eigenvalue weighted by Gasteiger charge is -2.62. The Labute approximate surface area is 217 Å². The minimum absolute atomic E-state index is 0.170. The van der Waals surface area contributed by atoms with Crippen molar-refractivity contribution in [3.63, 3.8) is 0 Å². The molecule has 2 bridgehead atoms. The first-order valence-corrected chi connectivity index (χ1v) is 14.6. The van der Waals surface area contributed by atoms with E-state index in [-0.39, 0.29) is 17.5 Å². The molecular weight excluding hydrogens is 442 g/mol. The summed E-state index contributed by atoms with van der Waals surface area (Å²) in [6.07, 6.45) is 10.7. The Bertz CT molecular complexity index is 947. The van der Waals surface area contributed by atoms with E-state index >= 15 is 0 Å². The van der Waals surface area contributed by atoms with Gasteiger partial charge in [0.15, 0.2) is 0 Å². The highest BCUT2D eigenvalue weighted by atomic mass is 16.1. The first-order chi connectivity index (χ1) is 17.7. The molecule has 5 aliphatic rings. The molecule has 192 valence electrons. The highest BCUT2D eigenvalue weighted by molar-refractivity contribution is 5.76. The van der Waals surface area contributed by atoms with E-state index in [0.717, 1.165) is 26.1 Å². The number of amides is 1. The van der Waals surface area contributed by atoms with E-state index in [1.54, 1.807) is 0 Å². The number of hydrogen-bond donors (Lipinski definition) is 1. The fourth-order valence-electron chi connectivity index (χ4n) is 8.26. The van der Waals surface area contributed by atoms with Gasteiger partial charge in [-0.15, -0.1) is 0 Å². The van der Waals surface area contributed by atoms with Crippen molar-refractivity contribution in [1.29, 1.82) is 0 Å². The predicted molar refractivity (Wildman–Crippen MR) is 146 cm³/mol. The van der Waals surface area contributed by atoms with Crippen molar-refractivity contribution in [1.82, 2.24) is 15.1 Å². The lowest BCUT2D eigenvalue weighted by Crippen LogP contribution is -2.66. The van der Waals surface area contributed by atoms with E-state index in [1.807, 2.05) is 0 Å². The molecule has 0 radical (unpaired) electrons. The van der Waals surface area contributed by atoms with Crippen LogP contribution in [0.15, 0.2) is 60.7 Å². The minimum atomic E-state index is 0.170. The number of likely N-dealkylation sites (tertiary alicyclic amines) is 2. The number of piperidine rings is 1. The molecule has 3 saturated carbocycles. The maximum absolute atomic E-state index is 13.4. The summed E-state index contributed by atoms with van der Waals surface area (Å²) in [7, 11) is 0. The van der Waals surface area contributed by atoms with Gasteiger partial charge < -0.3 is 10.2 Å². The van der Waals surface area contributed by atoms with Gasteiger partial charge in [-0.2, -0.15) is 0 Å².